The highest BCUT2D eigenvalue weighted by atomic mass is 32.1. The third kappa shape index (κ3) is 1.75. The maximum absolute atomic E-state index is 5.59. The van der Waals surface area contributed by atoms with E-state index in [0.29, 0.717) is 6.54 Å². The molecule has 4 heteroatoms. The van der Waals surface area contributed by atoms with Gasteiger partial charge in [0.25, 0.3) is 0 Å². The number of nitrogens with two attached hydrogens (primary N) is 1. The van der Waals surface area contributed by atoms with Gasteiger partial charge in [-0.3, -0.25) is 0 Å². The molecule has 0 atom stereocenters. The van der Waals surface area contributed by atoms with Crippen molar-refractivity contribution in [3.63, 3.8) is 0 Å². The van der Waals surface area contributed by atoms with Crippen LogP contribution in [0.1, 0.15) is 24.7 Å². The van der Waals surface area contributed by atoms with Crippen LogP contribution in [0.25, 0.3) is 0 Å². The SMILES string of the molecule is Cc1nsc(C(C)(C)CN)n1. The third-order valence-corrected chi connectivity index (χ3v) is 2.79. The van der Waals surface area contributed by atoms with Crippen molar-refractivity contribution in [3.8, 4) is 0 Å². The molecular formula is C7H13N3S. The Labute approximate surface area is 70.8 Å². The molecule has 0 aromatic carbocycles. The minimum absolute atomic E-state index is 0.0219. The number of aryl methyl sites for hydroxylation is 1. The first-order valence-electron chi connectivity index (χ1n) is 3.57. The fourth-order valence-electron chi connectivity index (χ4n) is 0.659. The largest absolute Gasteiger partial charge is 0.330 e. The van der Waals surface area contributed by atoms with Crippen LogP contribution in [0.2, 0.25) is 0 Å². The molecule has 0 unspecified atom stereocenters. The second-order valence-electron chi connectivity index (χ2n) is 3.23. The van der Waals surface area contributed by atoms with E-state index in [1.54, 1.807) is 0 Å². The van der Waals surface area contributed by atoms with Crippen molar-refractivity contribution >= 4 is 11.5 Å². The van der Waals surface area contributed by atoms with Crippen LogP contribution in [0.4, 0.5) is 0 Å². The zero-order valence-electron chi connectivity index (χ0n) is 7.09. The molecule has 0 spiro atoms. The van der Waals surface area contributed by atoms with E-state index in [0.717, 1.165) is 10.8 Å². The number of rotatable bonds is 2. The second kappa shape index (κ2) is 2.87. The fraction of sp³-hybridized carbons (Fsp3) is 0.714. The van der Waals surface area contributed by atoms with E-state index in [-0.39, 0.29) is 5.41 Å². The number of aromatic nitrogens is 2. The Balaban J connectivity index is 2.92. The molecule has 0 aliphatic rings. The highest BCUT2D eigenvalue weighted by Crippen LogP contribution is 2.22. The van der Waals surface area contributed by atoms with Crippen LogP contribution in [-0.2, 0) is 5.41 Å². The molecule has 1 heterocycles. The highest BCUT2D eigenvalue weighted by molar-refractivity contribution is 7.05. The summed E-state index contributed by atoms with van der Waals surface area (Å²) in [5.74, 6) is 0.839. The van der Waals surface area contributed by atoms with Gasteiger partial charge in [-0.1, -0.05) is 13.8 Å². The maximum atomic E-state index is 5.59. The first-order chi connectivity index (χ1) is 5.06. The summed E-state index contributed by atoms with van der Waals surface area (Å²) >= 11 is 1.44. The molecule has 0 saturated carbocycles. The number of hydrogen-bond acceptors (Lipinski definition) is 4. The maximum Gasteiger partial charge on any atom is 0.139 e. The van der Waals surface area contributed by atoms with Gasteiger partial charge in [0, 0.05) is 12.0 Å². The van der Waals surface area contributed by atoms with Crippen molar-refractivity contribution in [2.24, 2.45) is 5.73 Å². The van der Waals surface area contributed by atoms with E-state index < -0.39 is 0 Å². The van der Waals surface area contributed by atoms with Crippen LogP contribution in [0.15, 0.2) is 0 Å². The van der Waals surface area contributed by atoms with Gasteiger partial charge in [0.05, 0.1) is 0 Å². The van der Waals surface area contributed by atoms with Crippen molar-refractivity contribution in [2.75, 3.05) is 6.54 Å². The van der Waals surface area contributed by atoms with Crippen LogP contribution < -0.4 is 5.73 Å². The topological polar surface area (TPSA) is 51.8 Å². The molecule has 2 N–H and O–H groups in total. The lowest BCUT2D eigenvalue weighted by Gasteiger charge is -2.17. The smallest absolute Gasteiger partial charge is 0.139 e. The quantitative estimate of drug-likeness (QED) is 0.724. The van der Waals surface area contributed by atoms with Gasteiger partial charge in [0.1, 0.15) is 10.8 Å². The average molecular weight is 171 g/mol. The van der Waals surface area contributed by atoms with Crippen LogP contribution in [0, 0.1) is 6.92 Å². The standard InChI is InChI=1S/C7H13N3S/c1-5-9-6(11-10-5)7(2,3)4-8/h4,8H2,1-3H3. The van der Waals surface area contributed by atoms with Gasteiger partial charge < -0.3 is 5.73 Å². The van der Waals surface area contributed by atoms with Crippen LogP contribution in [-0.4, -0.2) is 15.9 Å². The Bertz CT molecular complexity index is 242. The van der Waals surface area contributed by atoms with Crippen molar-refractivity contribution in [1.82, 2.24) is 9.36 Å². The van der Waals surface area contributed by atoms with Crippen molar-refractivity contribution in [2.45, 2.75) is 26.2 Å². The molecule has 0 fully saturated rings. The molecule has 0 saturated heterocycles. The van der Waals surface area contributed by atoms with Gasteiger partial charge in [-0.25, -0.2) is 4.98 Å². The molecule has 0 amide bonds. The number of nitrogens with zero attached hydrogens (tertiary/aromatic N) is 2. The Morgan fingerprint density at radius 2 is 2.18 bits per heavy atom. The molecule has 11 heavy (non-hydrogen) atoms. The Morgan fingerprint density at radius 3 is 2.55 bits per heavy atom. The summed E-state index contributed by atoms with van der Waals surface area (Å²) in [5, 5.41) is 1.03. The van der Waals surface area contributed by atoms with Gasteiger partial charge in [-0.15, -0.1) is 0 Å². The van der Waals surface area contributed by atoms with Crippen molar-refractivity contribution in [1.29, 1.82) is 0 Å². The molecule has 1 rings (SSSR count). The van der Waals surface area contributed by atoms with Gasteiger partial charge >= 0.3 is 0 Å². The summed E-state index contributed by atoms with van der Waals surface area (Å²) in [6, 6.07) is 0. The molecular weight excluding hydrogens is 158 g/mol. The first-order valence-corrected chi connectivity index (χ1v) is 4.34. The summed E-state index contributed by atoms with van der Waals surface area (Å²) < 4.78 is 4.11. The lowest BCUT2D eigenvalue weighted by molar-refractivity contribution is 0.534. The van der Waals surface area contributed by atoms with Gasteiger partial charge in [0.15, 0.2) is 0 Å². The lowest BCUT2D eigenvalue weighted by Crippen LogP contribution is -2.27. The van der Waals surface area contributed by atoms with E-state index in [2.05, 4.69) is 23.2 Å². The predicted octanol–water partition coefficient (Wildman–Crippen LogP) is 1.08. The molecule has 3 nitrogen and oxygen atoms in total. The summed E-state index contributed by atoms with van der Waals surface area (Å²) in [6.07, 6.45) is 0. The first kappa shape index (κ1) is 8.62. The van der Waals surface area contributed by atoms with E-state index in [1.165, 1.54) is 11.5 Å². The molecule has 0 radical (unpaired) electrons. The van der Waals surface area contributed by atoms with Crippen LogP contribution in [0.3, 0.4) is 0 Å². The van der Waals surface area contributed by atoms with Crippen LogP contribution in [0.5, 0.6) is 0 Å². The van der Waals surface area contributed by atoms with E-state index in [9.17, 15) is 0 Å². The molecule has 1 aromatic rings. The average Bonchev–Trinajstić information content (AvgIpc) is 2.36. The Hall–Kier alpha value is -0.480. The third-order valence-electron chi connectivity index (χ3n) is 1.62. The second-order valence-corrected chi connectivity index (χ2v) is 3.99. The molecule has 62 valence electrons. The normalized spacial score (nSPS) is 12.0. The zero-order chi connectivity index (χ0) is 8.48. The van der Waals surface area contributed by atoms with Gasteiger partial charge in [-0.2, -0.15) is 4.37 Å². The predicted molar refractivity (Wildman–Crippen MR) is 46.7 cm³/mol. The molecule has 1 aromatic heterocycles. The summed E-state index contributed by atoms with van der Waals surface area (Å²) in [6.45, 7) is 6.66. The highest BCUT2D eigenvalue weighted by Gasteiger charge is 2.22. The molecule has 0 aliphatic carbocycles. The lowest BCUT2D eigenvalue weighted by atomic mass is 9.95. The fourth-order valence-corrected chi connectivity index (χ4v) is 1.42. The summed E-state index contributed by atoms with van der Waals surface area (Å²) in [4.78, 5) is 4.28. The Morgan fingerprint density at radius 1 is 1.55 bits per heavy atom. The summed E-state index contributed by atoms with van der Waals surface area (Å²) in [7, 11) is 0. The molecule has 0 bridgehead atoms. The Kier molecular flexibility index (Phi) is 2.25. The minimum atomic E-state index is -0.0219. The zero-order valence-corrected chi connectivity index (χ0v) is 7.90. The molecule has 0 aliphatic heterocycles. The minimum Gasteiger partial charge on any atom is -0.330 e. The number of hydrogen-bond donors (Lipinski definition) is 1. The van der Waals surface area contributed by atoms with Crippen molar-refractivity contribution < 1.29 is 0 Å². The monoisotopic (exact) mass is 171 g/mol. The van der Waals surface area contributed by atoms with Crippen molar-refractivity contribution in [3.05, 3.63) is 10.8 Å². The van der Waals surface area contributed by atoms with Crippen LogP contribution >= 0.6 is 11.5 Å². The van der Waals surface area contributed by atoms with E-state index in [4.69, 9.17) is 5.73 Å². The van der Waals surface area contributed by atoms with E-state index in [1.807, 2.05) is 6.92 Å². The van der Waals surface area contributed by atoms with E-state index >= 15 is 0 Å². The summed E-state index contributed by atoms with van der Waals surface area (Å²) in [5.41, 5.74) is 5.56. The van der Waals surface area contributed by atoms with Gasteiger partial charge in [-0.05, 0) is 18.5 Å². The van der Waals surface area contributed by atoms with Gasteiger partial charge in [0.2, 0.25) is 0 Å².